The molecule has 0 aliphatic carbocycles. The summed E-state index contributed by atoms with van der Waals surface area (Å²) >= 11 is 0. The van der Waals surface area contributed by atoms with Gasteiger partial charge >= 0.3 is 0 Å². The molecule has 19 heavy (non-hydrogen) atoms. The number of benzene rings is 2. The first kappa shape index (κ1) is 13.6. The van der Waals surface area contributed by atoms with Crippen molar-refractivity contribution in [1.82, 2.24) is 5.32 Å². The first-order valence-corrected chi connectivity index (χ1v) is 6.71. The molecule has 0 amide bonds. The molecule has 2 nitrogen and oxygen atoms in total. The number of nitrogens with one attached hydrogen (secondary N) is 1. The van der Waals surface area contributed by atoms with Gasteiger partial charge in [0.15, 0.2) is 0 Å². The van der Waals surface area contributed by atoms with Gasteiger partial charge in [-0.2, -0.15) is 0 Å². The van der Waals surface area contributed by atoms with E-state index in [9.17, 15) is 0 Å². The van der Waals surface area contributed by atoms with Gasteiger partial charge in [0, 0.05) is 6.04 Å². The molecule has 0 saturated heterocycles. The largest absolute Gasteiger partial charge is 0.492 e. The normalized spacial score (nSPS) is 12.1. The lowest BCUT2D eigenvalue weighted by Gasteiger charge is -2.12. The third-order valence-corrected chi connectivity index (χ3v) is 3.17. The Balaban J connectivity index is 1.91. The van der Waals surface area contributed by atoms with E-state index >= 15 is 0 Å². The highest BCUT2D eigenvalue weighted by Crippen LogP contribution is 2.15. The maximum absolute atomic E-state index is 5.70. The van der Waals surface area contributed by atoms with Crippen molar-refractivity contribution in [2.24, 2.45) is 0 Å². The van der Waals surface area contributed by atoms with Crippen LogP contribution in [0.15, 0.2) is 54.6 Å². The summed E-state index contributed by atoms with van der Waals surface area (Å²) in [6.45, 7) is 2.79. The highest BCUT2D eigenvalue weighted by atomic mass is 16.5. The zero-order chi connectivity index (χ0) is 13.5. The summed E-state index contributed by atoms with van der Waals surface area (Å²) in [6.07, 6.45) is 0.966. The highest BCUT2D eigenvalue weighted by Gasteiger charge is 2.00. The molecule has 0 aromatic heterocycles. The van der Waals surface area contributed by atoms with E-state index in [1.807, 2.05) is 25.2 Å². The Morgan fingerprint density at radius 3 is 2.21 bits per heavy atom. The molecule has 0 saturated carbocycles. The molecule has 0 aliphatic heterocycles. The van der Waals surface area contributed by atoms with Crippen LogP contribution in [0.5, 0.6) is 5.75 Å². The van der Waals surface area contributed by atoms with E-state index in [1.54, 1.807) is 0 Å². The van der Waals surface area contributed by atoms with Crippen molar-refractivity contribution in [2.75, 3.05) is 13.7 Å². The molecule has 0 spiro atoms. The zero-order valence-corrected chi connectivity index (χ0v) is 11.6. The fraction of sp³-hybridized carbons (Fsp3) is 0.294. The molecule has 2 aromatic rings. The SMILES string of the molecule is CNC(C)COc1ccc(Cc2ccccc2)cc1. The lowest BCUT2D eigenvalue weighted by molar-refractivity contribution is 0.280. The van der Waals surface area contributed by atoms with Crippen LogP contribution in [-0.2, 0) is 6.42 Å². The monoisotopic (exact) mass is 255 g/mol. The summed E-state index contributed by atoms with van der Waals surface area (Å²) in [7, 11) is 1.94. The average molecular weight is 255 g/mol. The lowest BCUT2D eigenvalue weighted by Crippen LogP contribution is -2.28. The van der Waals surface area contributed by atoms with E-state index in [1.165, 1.54) is 11.1 Å². The van der Waals surface area contributed by atoms with Crippen LogP contribution in [0.4, 0.5) is 0 Å². The second-order valence-electron chi connectivity index (χ2n) is 4.81. The van der Waals surface area contributed by atoms with Gasteiger partial charge in [0.05, 0.1) is 0 Å². The predicted molar refractivity (Wildman–Crippen MR) is 79.7 cm³/mol. The lowest BCUT2D eigenvalue weighted by atomic mass is 10.1. The van der Waals surface area contributed by atoms with E-state index in [0.717, 1.165) is 12.2 Å². The van der Waals surface area contributed by atoms with Crippen LogP contribution in [0.25, 0.3) is 0 Å². The van der Waals surface area contributed by atoms with Gasteiger partial charge < -0.3 is 10.1 Å². The van der Waals surface area contributed by atoms with Gasteiger partial charge in [-0.3, -0.25) is 0 Å². The Morgan fingerprint density at radius 1 is 0.947 bits per heavy atom. The molecule has 0 fully saturated rings. The van der Waals surface area contributed by atoms with Crippen LogP contribution >= 0.6 is 0 Å². The predicted octanol–water partition coefficient (Wildman–Crippen LogP) is 3.26. The number of likely N-dealkylation sites (N-methyl/N-ethyl adjacent to an activating group) is 1. The number of rotatable bonds is 6. The van der Waals surface area contributed by atoms with Gasteiger partial charge in [-0.1, -0.05) is 42.5 Å². The Labute approximate surface area is 115 Å². The summed E-state index contributed by atoms with van der Waals surface area (Å²) in [5, 5.41) is 3.15. The van der Waals surface area contributed by atoms with Gasteiger partial charge in [-0.15, -0.1) is 0 Å². The molecule has 0 aliphatic rings. The zero-order valence-electron chi connectivity index (χ0n) is 11.6. The fourth-order valence-corrected chi connectivity index (χ4v) is 1.84. The number of hydrogen-bond donors (Lipinski definition) is 1. The van der Waals surface area contributed by atoms with Crippen molar-refractivity contribution in [3.05, 3.63) is 65.7 Å². The molecule has 1 atom stereocenters. The number of hydrogen-bond acceptors (Lipinski definition) is 2. The second kappa shape index (κ2) is 6.95. The summed E-state index contributed by atoms with van der Waals surface area (Å²) < 4.78 is 5.70. The van der Waals surface area contributed by atoms with Crippen LogP contribution < -0.4 is 10.1 Å². The van der Waals surface area contributed by atoms with Gasteiger partial charge in [0.1, 0.15) is 12.4 Å². The third-order valence-electron chi connectivity index (χ3n) is 3.17. The van der Waals surface area contributed by atoms with Gasteiger partial charge in [-0.25, -0.2) is 0 Å². The molecule has 1 unspecified atom stereocenters. The van der Waals surface area contributed by atoms with Crippen LogP contribution in [0.3, 0.4) is 0 Å². The molecular formula is C17H21NO. The minimum atomic E-state index is 0.365. The Kier molecular flexibility index (Phi) is 4.99. The van der Waals surface area contributed by atoms with Crippen LogP contribution in [-0.4, -0.2) is 19.7 Å². The Bertz CT molecular complexity index is 478. The standard InChI is InChI=1S/C17H21NO/c1-14(18-2)13-19-17-10-8-16(9-11-17)12-15-6-4-3-5-7-15/h3-11,14,18H,12-13H2,1-2H3. The van der Waals surface area contributed by atoms with Gasteiger partial charge in [-0.05, 0) is 43.7 Å². The molecule has 0 heterocycles. The summed E-state index contributed by atoms with van der Waals surface area (Å²) in [6, 6.07) is 19.2. The maximum atomic E-state index is 5.70. The van der Waals surface area contributed by atoms with Crippen molar-refractivity contribution in [2.45, 2.75) is 19.4 Å². The molecule has 100 valence electrons. The van der Waals surface area contributed by atoms with Crippen molar-refractivity contribution < 1.29 is 4.74 Å². The maximum Gasteiger partial charge on any atom is 0.119 e. The smallest absolute Gasteiger partial charge is 0.119 e. The molecule has 1 N–H and O–H groups in total. The van der Waals surface area contributed by atoms with E-state index < -0.39 is 0 Å². The molecular weight excluding hydrogens is 234 g/mol. The summed E-state index contributed by atoms with van der Waals surface area (Å²) in [4.78, 5) is 0. The second-order valence-corrected chi connectivity index (χ2v) is 4.81. The van der Waals surface area contributed by atoms with Crippen molar-refractivity contribution in [3.63, 3.8) is 0 Å². The Hall–Kier alpha value is -1.80. The topological polar surface area (TPSA) is 21.3 Å². The van der Waals surface area contributed by atoms with Crippen LogP contribution in [0, 0.1) is 0 Å². The van der Waals surface area contributed by atoms with Crippen molar-refractivity contribution >= 4 is 0 Å². The van der Waals surface area contributed by atoms with E-state index in [0.29, 0.717) is 12.6 Å². The minimum Gasteiger partial charge on any atom is -0.492 e. The third kappa shape index (κ3) is 4.42. The van der Waals surface area contributed by atoms with E-state index in [4.69, 9.17) is 4.74 Å². The van der Waals surface area contributed by atoms with Crippen molar-refractivity contribution in [1.29, 1.82) is 0 Å². The molecule has 0 radical (unpaired) electrons. The van der Waals surface area contributed by atoms with Gasteiger partial charge in [0.25, 0.3) is 0 Å². The van der Waals surface area contributed by atoms with Crippen LogP contribution in [0.2, 0.25) is 0 Å². The minimum absolute atomic E-state index is 0.365. The van der Waals surface area contributed by atoms with Crippen LogP contribution in [0.1, 0.15) is 18.1 Å². The molecule has 2 rings (SSSR count). The van der Waals surface area contributed by atoms with Crippen molar-refractivity contribution in [3.8, 4) is 5.75 Å². The van der Waals surface area contributed by atoms with E-state index in [-0.39, 0.29) is 0 Å². The average Bonchev–Trinajstić information content (AvgIpc) is 2.47. The molecule has 2 heteroatoms. The molecule has 0 bridgehead atoms. The fourth-order valence-electron chi connectivity index (χ4n) is 1.84. The van der Waals surface area contributed by atoms with Gasteiger partial charge in [0.2, 0.25) is 0 Å². The number of ether oxygens (including phenoxy) is 1. The highest BCUT2D eigenvalue weighted by molar-refractivity contribution is 5.31. The summed E-state index contributed by atoms with van der Waals surface area (Å²) in [5.74, 6) is 0.930. The first-order valence-electron chi connectivity index (χ1n) is 6.71. The summed E-state index contributed by atoms with van der Waals surface area (Å²) in [5.41, 5.74) is 2.64. The quantitative estimate of drug-likeness (QED) is 0.855. The Morgan fingerprint density at radius 2 is 1.58 bits per heavy atom. The first-order chi connectivity index (χ1) is 9.28. The molecule has 2 aromatic carbocycles. The van der Waals surface area contributed by atoms with E-state index in [2.05, 4.69) is 48.6 Å².